The molecule has 4 nitrogen and oxygen atoms in total. The molecule has 0 saturated heterocycles. The molecule has 0 amide bonds. The predicted molar refractivity (Wildman–Crippen MR) is 140 cm³/mol. The van der Waals surface area contributed by atoms with Crippen LogP contribution in [0.1, 0.15) is 42.1 Å². The van der Waals surface area contributed by atoms with Gasteiger partial charge in [-0.05, 0) is 52.9 Å². The van der Waals surface area contributed by atoms with Gasteiger partial charge in [-0.25, -0.2) is 0 Å². The molecule has 0 aromatic heterocycles. The highest BCUT2D eigenvalue weighted by atomic mass is 16.5. The van der Waals surface area contributed by atoms with Gasteiger partial charge in [0.2, 0.25) is 0 Å². The number of methoxy groups -OCH3 is 1. The van der Waals surface area contributed by atoms with Gasteiger partial charge in [0.15, 0.2) is 0 Å². The maximum Gasteiger partial charge on any atom is 0.305 e. The van der Waals surface area contributed by atoms with Crippen molar-refractivity contribution in [3.8, 4) is 16.9 Å². The smallest absolute Gasteiger partial charge is 0.305 e. The van der Waals surface area contributed by atoms with Gasteiger partial charge in [-0.2, -0.15) is 0 Å². The molecule has 35 heavy (non-hydrogen) atoms. The normalized spacial score (nSPS) is 12.8. The van der Waals surface area contributed by atoms with Gasteiger partial charge in [0, 0.05) is 18.6 Å². The van der Waals surface area contributed by atoms with Crippen molar-refractivity contribution in [1.82, 2.24) is 4.90 Å². The van der Waals surface area contributed by atoms with Crippen molar-refractivity contribution in [2.75, 3.05) is 7.11 Å². The second-order valence-electron chi connectivity index (χ2n) is 8.71. The molecule has 0 fully saturated rings. The summed E-state index contributed by atoms with van der Waals surface area (Å²) in [5, 5.41) is 9.92. The molecule has 0 heterocycles. The number of carboxylic acids is 1. The molecule has 178 valence electrons. The van der Waals surface area contributed by atoms with Gasteiger partial charge in [-0.1, -0.05) is 91.0 Å². The Morgan fingerprint density at radius 1 is 0.800 bits per heavy atom. The highest BCUT2D eigenvalue weighted by molar-refractivity contribution is 5.69. The topological polar surface area (TPSA) is 49.8 Å². The largest absolute Gasteiger partial charge is 0.497 e. The van der Waals surface area contributed by atoms with Gasteiger partial charge >= 0.3 is 5.97 Å². The summed E-state index contributed by atoms with van der Waals surface area (Å²) in [6, 6.07) is 36.4. The molecule has 4 aromatic rings. The van der Waals surface area contributed by atoms with E-state index >= 15 is 0 Å². The van der Waals surface area contributed by atoms with E-state index in [-0.39, 0.29) is 18.5 Å². The quantitative estimate of drug-likeness (QED) is 0.270. The van der Waals surface area contributed by atoms with Crippen LogP contribution in [0.3, 0.4) is 0 Å². The van der Waals surface area contributed by atoms with Crippen molar-refractivity contribution in [1.29, 1.82) is 0 Å². The zero-order valence-electron chi connectivity index (χ0n) is 20.2. The minimum atomic E-state index is -0.817. The average Bonchev–Trinajstić information content (AvgIpc) is 2.91. The van der Waals surface area contributed by atoms with Crippen LogP contribution in [0, 0.1) is 0 Å². The summed E-state index contributed by atoms with van der Waals surface area (Å²) in [6.45, 7) is 2.79. The molecule has 0 saturated carbocycles. The summed E-state index contributed by atoms with van der Waals surface area (Å²) in [5.74, 6) is -0.0115. The average molecular weight is 466 g/mol. The van der Waals surface area contributed by atoms with Crippen molar-refractivity contribution >= 4 is 5.97 Å². The van der Waals surface area contributed by atoms with Gasteiger partial charge < -0.3 is 9.84 Å². The molecule has 0 radical (unpaired) electrons. The lowest BCUT2D eigenvalue weighted by atomic mass is 9.94. The number of hydrogen-bond donors (Lipinski definition) is 1. The number of benzene rings is 4. The fraction of sp³-hybridized carbons (Fsp3) is 0.194. The first-order chi connectivity index (χ1) is 17.0. The van der Waals surface area contributed by atoms with Gasteiger partial charge in [0.1, 0.15) is 5.75 Å². The lowest BCUT2D eigenvalue weighted by Gasteiger charge is -2.37. The van der Waals surface area contributed by atoms with Crippen LogP contribution in [-0.4, -0.2) is 23.1 Å². The molecule has 0 bridgehead atoms. The number of hydrogen-bond acceptors (Lipinski definition) is 3. The van der Waals surface area contributed by atoms with Gasteiger partial charge in [-0.15, -0.1) is 0 Å². The van der Waals surface area contributed by atoms with Crippen molar-refractivity contribution < 1.29 is 14.6 Å². The van der Waals surface area contributed by atoms with Crippen LogP contribution < -0.4 is 4.74 Å². The minimum absolute atomic E-state index is 0.00999. The van der Waals surface area contributed by atoms with Crippen LogP contribution in [0.2, 0.25) is 0 Å². The first kappa shape index (κ1) is 24.2. The molecule has 2 atom stereocenters. The Morgan fingerprint density at radius 2 is 1.43 bits per heavy atom. The van der Waals surface area contributed by atoms with Crippen LogP contribution >= 0.6 is 0 Å². The highest BCUT2D eigenvalue weighted by Gasteiger charge is 2.28. The Kier molecular flexibility index (Phi) is 7.96. The zero-order valence-corrected chi connectivity index (χ0v) is 20.2. The molecule has 1 N–H and O–H groups in total. The Morgan fingerprint density at radius 3 is 2.06 bits per heavy atom. The van der Waals surface area contributed by atoms with Crippen molar-refractivity contribution in [3.05, 3.63) is 126 Å². The number of ether oxygens (including phenoxy) is 1. The third-order valence-corrected chi connectivity index (χ3v) is 6.45. The number of carboxylic acid groups (broad SMARTS) is 1. The van der Waals surface area contributed by atoms with Crippen LogP contribution in [0.15, 0.2) is 109 Å². The van der Waals surface area contributed by atoms with E-state index in [1.807, 2.05) is 72.8 Å². The molecule has 2 unspecified atom stereocenters. The van der Waals surface area contributed by atoms with E-state index in [9.17, 15) is 9.90 Å². The molecular formula is C31H31NO3. The van der Waals surface area contributed by atoms with E-state index in [0.29, 0.717) is 6.54 Å². The van der Waals surface area contributed by atoms with E-state index in [2.05, 4.69) is 48.2 Å². The Hall–Kier alpha value is -3.89. The van der Waals surface area contributed by atoms with Crippen LogP contribution in [0.25, 0.3) is 11.1 Å². The molecular weight excluding hydrogens is 434 g/mol. The summed E-state index contributed by atoms with van der Waals surface area (Å²) in [4.78, 5) is 14.4. The fourth-order valence-corrected chi connectivity index (χ4v) is 4.54. The van der Waals surface area contributed by atoms with E-state index in [4.69, 9.17) is 4.74 Å². The Labute approximate surface area is 207 Å². The molecule has 4 heteroatoms. The first-order valence-corrected chi connectivity index (χ1v) is 11.9. The fourth-order valence-electron chi connectivity index (χ4n) is 4.54. The van der Waals surface area contributed by atoms with Gasteiger partial charge in [-0.3, -0.25) is 9.69 Å². The van der Waals surface area contributed by atoms with Crippen LogP contribution in [0.4, 0.5) is 0 Å². The van der Waals surface area contributed by atoms with E-state index in [0.717, 1.165) is 33.6 Å². The number of aliphatic carboxylic acids is 1. The number of nitrogens with zero attached hydrogens (tertiary/aromatic N) is 1. The molecule has 0 spiro atoms. The summed E-state index contributed by atoms with van der Waals surface area (Å²) < 4.78 is 5.30. The Bertz CT molecular complexity index is 1220. The summed E-state index contributed by atoms with van der Waals surface area (Å²) >= 11 is 0. The van der Waals surface area contributed by atoms with Crippen LogP contribution in [0.5, 0.6) is 5.75 Å². The lowest BCUT2D eigenvalue weighted by Crippen LogP contribution is -2.32. The Balaban J connectivity index is 1.75. The maximum atomic E-state index is 12.1. The lowest BCUT2D eigenvalue weighted by molar-refractivity contribution is -0.138. The van der Waals surface area contributed by atoms with Crippen molar-refractivity contribution in [2.45, 2.75) is 32.0 Å². The van der Waals surface area contributed by atoms with E-state index in [1.165, 1.54) is 0 Å². The summed E-state index contributed by atoms with van der Waals surface area (Å²) in [6.07, 6.45) is 0.00999. The summed E-state index contributed by atoms with van der Waals surface area (Å²) in [5.41, 5.74) is 5.40. The molecule has 0 aliphatic rings. The molecule has 0 aliphatic carbocycles. The van der Waals surface area contributed by atoms with Crippen molar-refractivity contribution in [3.63, 3.8) is 0 Å². The first-order valence-electron chi connectivity index (χ1n) is 11.9. The zero-order chi connectivity index (χ0) is 24.6. The van der Waals surface area contributed by atoms with Gasteiger partial charge in [0.05, 0.1) is 13.5 Å². The standard InChI is InChI=1S/C31H31NO3/c1-23(25-12-7-4-8-13-25)32(22-24-10-5-3-6-11-24)30(21-31(33)34)28-15-9-14-27(20-28)26-16-18-29(35-2)19-17-26/h3-20,23,30H,21-22H2,1-2H3,(H,33,34). The second-order valence-corrected chi connectivity index (χ2v) is 8.71. The predicted octanol–water partition coefficient (Wildman–Crippen LogP) is 7.14. The third kappa shape index (κ3) is 6.17. The minimum Gasteiger partial charge on any atom is -0.497 e. The number of carbonyl (C=O) groups is 1. The van der Waals surface area contributed by atoms with Crippen molar-refractivity contribution in [2.24, 2.45) is 0 Å². The second kappa shape index (κ2) is 11.5. The SMILES string of the molecule is COc1ccc(-c2cccc(C(CC(=O)O)N(Cc3ccccc3)C(C)c3ccccc3)c2)cc1. The van der Waals surface area contributed by atoms with E-state index < -0.39 is 5.97 Å². The maximum absolute atomic E-state index is 12.1. The molecule has 0 aliphatic heterocycles. The summed E-state index contributed by atoms with van der Waals surface area (Å²) in [7, 11) is 1.65. The number of rotatable bonds is 10. The monoisotopic (exact) mass is 465 g/mol. The third-order valence-electron chi connectivity index (χ3n) is 6.45. The van der Waals surface area contributed by atoms with Crippen LogP contribution in [-0.2, 0) is 11.3 Å². The highest BCUT2D eigenvalue weighted by Crippen LogP contribution is 2.36. The molecule has 4 aromatic carbocycles. The molecule has 4 rings (SSSR count). The van der Waals surface area contributed by atoms with Gasteiger partial charge in [0.25, 0.3) is 0 Å². The van der Waals surface area contributed by atoms with E-state index in [1.54, 1.807) is 7.11 Å².